The highest BCUT2D eigenvalue weighted by Crippen LogP contribution is 2.24. The maximum atomic E-state index is 12.8. The number of nitrogens with zero attached hydrogens (tertiary/aromatic N) is 1. The van der Waals surface area contributed by atoms with Gasteiger partial charge >= 0.3 is 0 Å². The van der Waals surface area contributed by atoms with Gasteiger partial charge in [-0.1, -0.05) is 35.0 Å². The van der Waals surface area contributed by atoms with Crippen LogP contribution in [0.25, 0.3) is 0 Å². The van der Waals surface area contributed by atoms with Gasteiger partial charge in [0.15, 0.2) is 0 Å². The second-order valence-electron chi connectivity index (χ2n) is 5.20. The second-order valence-corrected chi connectivity index (χ2v) is 6.77. The lowest BCUT2D eigenvalue weighted by atomic mass is 10.1. The van der Waals surface area contributed by atoms with E-state index in [1.165, 1.54) is 12.1 Å². The highest BCUT2D eigenvalue weighted by Gasteiger charge is 2.29. The van der Waals surface area contributed by atoms with Crippen LogP contribution in [0.3, 0.4) is 0 Å². The van der Waals surface area contributed by atoms with Crippen LogP contribution >= 0.6 is 15.9 Å². The Morgan fingerprint density at radius 1 is 1.47 bits per heavy atom. The van der Waals surface area contributed by atoms with Gasteiger partial charge in [-0.15, -0.1) is 0 Å². The Hall–Kier alpha value is -0.900. The molecule has 2 unspecified atom stereocenters. The van der Waals surface area contributed by atoms with Crippen LogP contribution in [-0.4, -0.2) is 28.2 Å². The minimum absolute atomic E-state index is 0.155. The van der Waals surface area contributed by atoms with E-state index in [-0.39, 0.29) is 11.7 Å². The van der Waals surface area contributed by atoms with Gasteiger partial charge in [-0.25, -0.2) is 4.39 Å². The average molecular weight is 328 g/mol. The van der Waals surface area contributed by atoms with Crippen LogP contribution in [0.4, 0.5) is 4.39 Å². The summed E-state index contributed by atoms with van der Waals surface area (Å²) in [6.45, 7) is 2.96. The van der Waals surface area contributed by atoms with Crippen LogP contribution in [0.5, 0.6) is 0 Å². The Morgan fingerprint density at radius 3 is 2.79 bits per heavy atom. The average Bonchev–Trinajstić information content (AvgIpc) is 2.79. The van der Waals surface area contributed by atoms with Crippen LogP contribution in [0.15, 0.2) is 24.3 Å². The number of amides is 1. The van der Waals surface area contributed by atoms with Gasteiger partial charge in [-0.2, -0.15) is 0 Å². The van der Waals surface area contributed by atoms with Crippen molar-refractivity contribution in [2.45, 2.75) is 43.5 Å². The van der Waals surface area contributed by atoms with E-state index in [1.54, 1.807) is 12.1 Å². The molecule has 2 rings (SSSR count). The lowest BCUT2D eigenvalue weighted by Crippen LogP contribution is -2.37. The summed E-state index contributed by atoms with van der Waals surface area (Å²) < 4.78 is 12.8. The van der Waals surface area contributed by atoms with E-state index in [0.717, 1.165) is 31.4 Å². The summed E-state index contributed by atoms with van der Waals surface area (Å²) >= 11 is 3.56. The van der Waals surface area contributed by atoms with Crippen molar-refractivity contribution >= 4 is 21.8 Å². The van der Waals surface area contributed by atoms with Crippen molar-refractivity contribution in [3.63, 3.8) is 0 Å². The van der Waals surface area contributed by atoms with E-state index in [9.17, 15) is 9.18 Å². The van der Waals surface area contributed by atoms with Crippen LogP contribution in [0.2, 0.25) is 0 Å². The molecule has 0 radical (unpaired) electrons. The van der Waals surface area contributed by atoms with Crippen molar-refractivity contribution < 1.29 is 9.18 Å². The summed E-state index contributed by atoms with van der Waals surface area (Å²) in [5.74, 6) is -0.106. The molecule has 1 aromatic rings. The SMILES string of the molecule is CC(Br)CC1CCCN1C(=O)Cc1ccc(F)cc1. The summed E-state index contributed by atoms with van der Waals surface area (Å²) in [5, 5.41) is 0. The third kappa shape index (κ3) is 4.03. The van der Waals surface area contributed by atoms with Gasteiger partial charge in [-0.3, -0.25) is 4.79 Å². The Bertz CT molecular complexity index is 432. The minimum atomic E-state index is -0.261. The molecule has 0 spiro atoms. The number of likely N-dealkylation sites (tertiary alicyclic amines) is 1. The molecule has 104 valence electrons. The fourth-order valence-corrected chi connectivity index (χ4v) is 3.09. The zero-order chi connectivity index (χ0) is 13.8. The molecule has 2 nitrogen and oxygen atoms in total. The first kappa shape index (κ1) is 14.5. The predicted octanol–water partition coefficient (Wildman–Crippen LogP) is 3.53. The van der Waals surface area contributed by atoms with Gasteiger partial charge < -0.3 is 4.90 Å². The highest BCUT2D eigenvalue weighted by atomic mass is 79.9. The van der Waals surface area contributed by atoms with E-state index < -0.39 is 0 Å². The van der Waals surface area contributed by atoms with Crippen LogP contribution in [0, 0.1) is 5.82 Å². The summed E-state index contributed by atoms with van der Waals surface area (Å²) in [6.07, 6.45) is 3.53. The molecule has 1 heterocycles. The molecule has 0 aromatic heterocycles. The summed E-state index contributed by atoms with van der Waals surface area (Å²) in [6, 6.07) is 6.54. The molecule has 2 atom stereocenters. The van der Waals surface area contributed by atoms with Gasteiger partial charge in [0.2, 0.25) is 5.91 Å². The van der Waals surface area contributed by atoms with Crippen molar-refractivity contribution in [3.05, 3.63) is 35.6 Å². The molecule has 19 heavy (non-hydrogen) atoms. The fraction of sp³-hybridized carbons (Fsp3) is 0.533. The molecule has 1 amide bonds. The van der Waals surface area contributed by atoms with Gasteiger partial charge in [0.25, 0.3) is 0 Å². The third-order valence-corrected chi connectivity index (χ3v) is 3.94. The highest BCUT2D eigenvalue weighted by molar-refractivity contribution is 9.09. The number of rotatable bonds is 4. The standard InChI is InChI=1S/C15H19BrFNO/c1-11(16)9-14-3-2-8-18(14)15(19)10-12-4-6-13(17)7-5-12/h4-7,11,14H,2-3,8-10H2,1H3. The molecule has 1 aliphatic heterocycles. The van der Waals surface area contributed by atoms with Crippen LogP contribution in [-0.2, 0) is 11.2 Å². The van der Waals surface area contributed by atoms with Gasteiger partial charge in [-0.05, 0) is 37.0 Å². The van der Waals surface area contributed by atoms with Crippen molar-refractivity contribution in [1.82, 2.24) is 4.90 Å². The van der Waals surface area contributed by atoms with E-state index in [4.69, 9.17) is 0 Å². The van der Waals surface area contributed by atoms with Gasteiger partial charge in [0.1, 0.15) is 5.82 Å². The number of carbonyl (C=O) groups excluding carboxylic acids is 1. The zero-order valence-electron chi connectivity index (χ0n) is 11.1. The molecule has 1 saturated heterocycles. The maximum absolute atomic E-state index is 12.8. The fourth-order valence-electron chi connectivity index (χ4n) is 2.66. The molecule has 4 heteroatoms. The number of benzene rings is 1. The second kappa shape index (κ2) is 6.51. The molecule has 0 bridgehead atoms. The topological polar surface area (TPSA) is 20.3 Å². The number of halogens is 2. The Morgan fingerprint density at radius 2 is 2.16 bits per heavy atom. The molecule has 0 aliphatic carbocycles. The number of carbonyl (C=O) groups is 1. The van der Waals surface area contributed by atoms with Crippen molar-refractivity contribution in [1.29, 1.82) is 0 Å². The minimum Gasteiger partial charge on any atom is -0.339 e. The molecule has 1 aromatic carbocycles. The molecule has 0 N–H and O–H groups in total. The normalized spacial score (nSPS) is 20.6. The quantitative estimate of drug-likeness (QED) is 0.775. The summed E-state index contributed by atoms with van der Waals surface area (Å²) in [5.41, 5.74) is 0.879. The van der Waals surface area contributed by atoms with Crippen LogP contribution < -0.4 is 0 Å². The van der Waals surface area contributed by atoms with Crippen molar-refractivity contribution in [2.24, 2.45) is 0 Å². The smallest absolute Gasteiger partial charge is 0.227 e. The molecular formula is C15H19BrFNO. The first-order valence-electron chi connectivity index (χ1n) is 6.74. The summed E-state index contributed by atoms with van der Waals surface area (Å²) in [4.78, 5) is 14.7. The van der Waals surface area contributed by atoms with Gasteiger partial charge in [0, 0.05) is 17.4 Å². The number of hydrogen-bond donors (Lipinski definition) is 0. The number of hydrogen-bond acceptors (Lipinski definition) is 1. The monoisotopic (exact) mass is 327 g/mol. The van der Waals surface area contributed by atoms with E-state index in [2.05, 4.69) is 22.9 Å². The lowest BCUT2D eigenvalue weighted by molar-refractivity contribution is -0.131. The Kier molecular flexibility index (Phi) is 4.97. The van der Waals surface area contributed by atoms with E-state index >= 15 is 0 Å². The number of alkyl halides is 1. The third-order valence-electron chi connectivity index (χ3n) is 3.56. The zero-order valence-corrected chi connectivity index (χ0v) is 12.7. The van der Waals surface area contributed by atoms with Crippen LogP contribution in [0.1, 0.15) is 31.7 Å². The molecule has 1 fully saturated rings. The van der Waals surface area contributed by atoms with E-state index in [0.29, 0.717) is 17.3 Å². The maximum Gasteiger partial charge on any atom is 0.227 e. The molecule has 0 saturated carbocycles. The van der Waals surface area contributed by atoms with Crippen molar-refractivity contribution in [2.75, 3.05) is 6.54 Å². The molecular weight excluding hydrogens is 309 g/mol. The largest absolute Gasteiger partial charge is 0.339 e. The predicted molar refractivity (Wildman–Crippen MR) is 77.8 cm³/mol. The van der Waals surface area contributed by atoms with Crippen molar-refractivity contribution in [3.8, 4) is 0 Å². The first-order chi connectivity index (χ1) is 9.06. The lowest BCUT2D eigenvalue weighted by Gasteiger charge is -2.25. The first-order valence-corrected chi connectivity index (χ1v) is 7.66. The molecule has 1 aliphatic rings. The Balaban J connectivity index is 1.97. The Labute approximate surface area is 122 Å². The van der Waals surface area contributed by atoms with E-state index in [1.807, 2.05) is 4.90 Å². The summed E-state index contributed by atoms with van der Waals surface area (Å²) in [7, 11) is 0. The van der Waals surface area contributed by atoms with Gasteiger partial charge in [0.05, 0.1) is 6.42 Å².